The number of aliphatic hydroxyl groups is 1. The summed E-state index contributed by atoms with van der Waals surface area (Å²) in [4.78, 5) is 14.0. The Morgan fingerprint density at radius 1 is 1.25 bits per heavy atom. The lowest BCUT2D eigenvalue weighted by molar-refractivity contribution is -0.0305. The molecule has 2 N–H and O–H groups in total. The molecule has 28 heavy (non-hydrogen) atoms. The van der Waals surface area contributed by atoms with Crippen LogP contribution in [0.25, 0.3) is 0 Å². The number of piperidine rings is 1. The van der Waals surface area contributed by atoms with Gasteiger partial charge in [-0.15, -0.1) is 0 Å². The Hall–Kier alpha value is -1.95. The molecule has 0 aliphatic carbocycles. The van der Waals surface area contributed by atoms with Gasteiger partial charge in [-0.25, -0.2) is 9.18 Å². The molecule has 0 saturated carbocycles. The van der Waals surface area contributed by atoms with Crippen molar-refractivity contribution in [2.75, 3.05) is 20.1 Å². The summed E-state index contributed by atoms with van der Waals surface area (Å²) in [6, 6.07) is 9.58. The van der Waals surface area contributed by atoms with Crippen molar-refractivity contribution in [2.24, 2.45) is 5.92 Å². The molecule has 1 heterocycles. The summed E-state index contributed by atoms with van der Waals surface area (Å²) >= 11 is 5.88. The number of carbonyl (C=O) groups is 1. The molecule has 0 radical (unpaired) electrons. The summed E-state index contributed by atoms with van der Waals surface area (Å²) in [6.07, 6.45) is 1.70. The van der Waals surface area contributed by atoms with Crippen molar-refractivity contribution in [2.45, 2.75) is 31.8 Å². The SMILES string of the molecule is CN1CCC(C(C)(O)c2cc(F)c(Cc3ccc(Cl)cc3)c(C(=O)O)c2)CC1. The second-order valence-corrected chi connectivity index (χ2v) is 8.25. The van der Waals surface area contributed by atoms with Crippen molar-refractivity contribution in [3.8, 4) is 0 Å². The lowest BCUT2D eigenvalue weighted by atomic mass is 9.76. The highest BCUT2D eigenvalue weighted by Gasteiger charge is 2.36. The van der Waals surface area contributed by atoms with Crippen molar-refractivity contribution < 1.29 is 19.4 Å². The van der Waals surface area contributed by atoms with Crippen LogP contribution in [0.15, 0.2) is 36.4 Å². The maximum Gasteiger partial charge on any atom is 0.336 e. The molecule has 4 nitrogen and oxygen atoms in total. The van der Waals surface area contributed by atoms with Crippen LogP contribution in [0, 0.1) is 11.7 Å². The molecule has 6 heteroatoms. The van der Waals surface area contributed by atoms with Gasteiger partial charge in [0.05, 0.1) is 11.2 Å². The van der Waals surface area contributed by atoms with E-state index < -0.39 is 17.4 Å². The number of benzene rings is 2. The predicted octanol–water partition coefficient (Wildman–Crippen LogP) is 4.32. The fraction of sp³-hybridized carbons (Fsp3) is 0.409. The number of aromatic carboxylic acids is 1. The fourth-order valence-electron chi connectivity index (χ4n) is 3.91. The standard InChI is InChI=1S/C22H25ClFNO3/c1-22(28,15-7-9-25(2)10-8-15)16-12-19(21(26)27)18(20(24)13-16)11-14-3-5-17(23)6-4-14/h3-6,12-13,15,28H,7-11H2,1-2H3,(H,26,27). The van der Waals surface area contributed by atoms with Crippen molar-refractivity contribution in [3.63, 3.8) is 0 Å². The molecule has 1 unspecified atom stereocenters. The monoisotopic (exact) mass is 405 g/mol. The molecule has 0 spiro atoms. The molecule has 1 aliphatic heterocycles. The number of halogens is 2. The van der Waals surface area contributed by atoms with Gasteiger partial charge in [-0.3, -0.25) is 0 Å². The summed E-state index contributed by atoms with van der Waals surface area (Å²) in [5, 5.41) is 21.4. The molecule has 0 bridgehead atoms. The molecule has 2 aromatic rings. The zero-order valence-electron chi connectivity index (χ0n) is 16.1. The molecule has 0 amide bonds. The van der Waals surface area contributed by atoms with Crippen molar-refractivity contribution >= 4 is 17.6 Å². The van der Waals surface area contributed by atoms with Crippen molar-refractivity contribution in [1.29, 1.82) is 0 Å². The molecule has 1 aliphatic rings. The molecule has 3 rings (SSSR count). The fourth-order valence-corrected chi connectivity index (χ4v) is 4.04. The van der Waals surface area contributed by atoms with Gasteiger partial charge in [0.25, 0.3) is 0 Å². The quantitative estimate of drug-likeness (QED) is 0.777. The molecule has 2 aromatic carbocycles. The molecule has 1 fully saturated rings. The molecule has 1 saturated heterocycles. The zero-order valence-corrected chi connectivity index (χ0v) is 16.8. The number of carboxylic acid groups (broad SMARTS) is 1. The van der Waals surface area contributed by atoms with Gasteiger partial charge in [-0.1, -0.05) is 23.7 Å². The van der Waals surface area contributed by atoms with E-state index in [1.165, 1.54) is 12.1 Å². The first-order chi connectivity index (χ1) is 13.2. The summed E-state index contributed by atoms with van der Waals surface area (Å²) in [5.74, 6) is -1.87. The number of rotatable bonds is 5. The van der Waals surface area contributed by atoms with Crippen LogP contribution in [0.1, 0.15) is 46.8 Å². The minimum atomic E-state index is -1.29. The highest BCUT2D eigenvalue weighted by atomic mass is 35.5. The zero-order chi connectivity index (χ0) is 20.5. The lowest BCUT2D eigenvalue weighted by Gasteiger charge is -2.39. The third-order valence-electron chi connectivity index (χ3n) is 5.82. The molecule has 150 valence electrons. The smallest absolute Gasteiger partial charge is 0.336 e. The van der Waals surface area contributed by atoms with Crippen LogP contribution in [0.3, 0.4) is 0 Å². The van der Waals surface area contributed by atoms with E-state index in [0.717, 1.165) is 31.5 Å². The van der Waals surface area contributed by atoms with Crippen LogP contribution in [-0.4, -0.2) is 41.2 Å². The number of hydrogen-bond acceptors (Lipinski definition) is 3. The molecule has 1 atom stereocenters. The summed E-state index contributed by atoms with van der Waals surface area (Å²) in [5.41, 5.74) is -0.209. The van der Waals surface area contributed by atoms with Crippen LogP contribution >= 0.6 is 11.6 Å². The maximum atomic E-state index is 15.0. The van der Waals surface area contributed by atoms with Gasteiger partial charge in [0.2, 0.25) is 0 Å². The normalized spacial score (nSPS) is 18.0. The minimum absolute atomic E-state index is 0.0492. The van der Waals surface area contributed by atoms with Crippen LogP contribution < -0.4 is 0 Å². The summed E-state index contributed by atoms with van der Waals surface area (Å²) in [6.45, 7) is 3.36. The van der Waals surface area contributed by atoms with E-state index in [2.05, 4.69) is 4.90 Å². The highest BCUT2D eigenvalue weighted by molar-refractivity contribution is 6.30. The molecular weight excluding hydrogens is 381 g/mol. The third kappa shape index (κ3) is 4.37. The Labute approximate surface area is 169 Å². The van der Waals surface area contributed by atoms with Crippen LogP contribution in [0.5, 0.6) is 0 Å². The summed E-state index contributed by atoms with van der Waals surface area (Å²) < 4.78 is 15.0. The van der Waals surface area contributed by atoms with Crippen LogP contribution in [-0.2, 0) is 12.0 Å². The summed E-state index contributed by atoms with van der Waals surface area (Å²) in [7, 11) is 2.03. The van der Waals surface area contributed by atoms with E-state index in [0.29, 0.717) is 10.6 Å². The molecular formula is C22H25ClFNO3. The van der Waals surface area contributed by atoms with E-state index in [1.54, 1.807) is 31.2 Å². The topological polar surface area (TPSA) is 60.8 Å². The van der Waals surface area contributed by atoms with Gasteiger partial charge >= 0.3 is 5.97 Å². The van der Waals surface area contributed by atoms with Gasteiger partial charge in [-0.05, 0) is 81.2 Å². The van der Waals surface area contributed by atoms with Gasteiger partial charge in [-0.2, -0.15) is 0 Å². The highest BCUT2D eigenvalue weighted by Crippen LogP contribution is 2.37. The van der Waals surface area contributed by atoms with E-state index in [-0.39, 0.29) is 23.5 Å². The lowest BCUT2D eigenvalue weighted by Crippen LogP contribution is -2.40. The van der Waals surface area contributed by atoms with E-state index in [9.17, 15) is 19.4 Å². The van der Waals surface area contributed by atoms with Crippen LogP contribution in [0.4, 0.5) is 4.39 Å². The number of nitrogens with zero attached hydrogens (tertiary/aromatic N) is 1. The first-order valence-corrected chi connectivity index (χ1v) is 9.78. The number of carboxylic acids is 1. The average Bonchev–Trinajstić information content (AvgIpc) is 2.65. The predicted molar refractivity (Wildman–Crippen MR) is 107 cm³/mol. The minimum Gasteiger partial charge on any atom is -0.478 e. The Morgan fingerprint density at radius 2 is 1.86 bits per heavy atom. The van der Waals surface area contributed by atoms with Crippen molar-refractivity contribution in [1.82, 2.24) is 4.90 Å². The van der Waals surface area contributed by atoms with Gasteiger partial charge in [0.15, 0.2) is 0 Å². The largest absolute Gasteiger partial charge is 0.478 e. The van der Waals surface area contributed by atoms with Gasteiger partial charge in [0, 0.05) is 17.0 Å². The second kappa shape index (κ2) is 8.19. The van der Waals surface area contributed by atoms with E-state index in [4.69, 9.17) is 11.6 Å². The molecule has 0 aromatic heterocycles. The average molecular weight is 406 g/mol. The Balaban J connectivity index is 1.96. The first-order valence-electron chi connectivity index (χ1n) is 9.40. The van der Waals surface area contributed by atoms with Crippen LogP contribution in [0.2, 0.25) is 5.02 Å². The Morgan fingerprint density at radius 3 is 2.43 bits per heavy atom. The first kappa shape index (κ1) is 20.8. The Kier molecular flexibility index (Phi) is 6.08. The maximum absolute atomic E-state index is 15.0. The Bertz CT molecular complexity index is 859. The number of hydrogen-bond donors (Lipinski definition) is 2. The van der Waals surface area contributed by atoms with Gasteiger partial charge in [0.1, 0.15) is 5.82 Å². The third-order valence-corrected chi connectivity index (χ3v) is 6.07. The van der Waals surface area contributed by atoms with Gasteiger partial charge < -0.3 is 15.1 Å². The van der Waals surface area contributed by atoms with E-state index >= 15 is 0 Å². The van der Waals surface area contributed by atoms with Crippen molar-refractivity contribution in [3.05, 3.63) is 69.5 Å². The number of likely N-dealkylation sites (tertiary alicyclic amines) is 1. The second-order valence-electron chi connectivity index (χ2n) is 7.82. The van der Waals surface area contributed by atoms with E-state index in [1.807, 2.05) is 7.05 Å².